The lowest BCUT2D eigenvalue weighted by Crippen LogP contribution is -1.78. The van der Waals surface area contributed by atoms with Crippen molar-refractivity contribution in [2.75, 3.05) is 0 Å². The van der Waals surface area contributed by atoms with E-state index >= 15 is 0 Å². The van der Waals surface area contributed by atoms with Crippen LogP contribution in [0.5, 0.6) is 0 Å². The van der Waals surface area contributed by atoms with Crippen LogP contribution in [-0.2, 0) is 0 Å². The van der Waals surface area contributed by atoms with E-state index in [9.17, 15) is 4.39 Å². The topological polar surface area (TPSA) is 25.8 Å². The Hall–Kier alpha value is -0.990. The maximum Gasteiger partial charge on any atom is 0.215 e. The van der Waals surface area contributed by atoms with Gasteiger partial charge in [0, 0.05) is 12.3 Å². The van der Waals surface area contributed by atoms with Crippen molar-refractivity contribution in [1.29, 1.82) is 0 Å². The molecule has 3 heteroatoms. The van der Waals surface area contributed by atoms with Gasteiger partial charge < -0.3 is 0 Å². The Balaban J connectivity index is 0. The normalized spacial score (nSPS) is 6.70. The quantitative estimate of drug-likeness (QED) is 0.522. The van der Waals surface area contributed by atoms with Crippen LogP contribution in [0.4, 0.5) is 4.39 Å². The summed E-state index contributed by atoms with van der Waals surface area (Å²) in [5, 5.41) is 0. The Labute approximate surface area is 61.1 Å². The molecule has 0 spiro atoms. The largest absolute Gasteiger partial charge is 0.245 e. The van der Waals surface area contributed by atoms with Crippen LogP contribution < -0.4 is 0 Å². The summed E-state index contributed by atoms with van der Waals surface area (Å²) < 4.78 is 11.8. The van der Waals surface area contributed by atoms with Crippen molar-refractivity contribution in [1.82, 2.24) is 9.97 Å². The molecule has 0 N–H and O–H groups in total. The molecule has 1 heterocycles. The second-order valence-corrected chi connectivity index (χ2v) is 1.03. The Bertz CT molecular complexity index is 142. The van der Waals surface area contributed by atoms with Crippen molar-refractivity contribution >= 4 is 0 Å². The van der Waals surface area contributed by atoms with Crippen molar-refractivity contribution in [3.8, 4) is 0 Å². The predicted molar refractivity (Wildman–Crippen MR) is 40.1 cm³/mol. The molecule has 0 radical (unpaired) electrons. The average Bonchev–Trinajstić information content (AvgIpc) is 1.94. The van der Waals surface area contributed by atoms with Gasteiger partial charge in [-0.05, 0) is 0 Å². The zero-order chi connectivity index (χ0) is 7.11. The van der Waals surface area contributed by atoms with E-state index in [1.807, 2.05) is 13.8 Å². The van der Waals surface area contributed by atoms with Crippen LogP contribution in [0.25, 0.3) is 0 Å². The molecule has 0 aliphatic rings. The first-order valence-corrected chi connectivity index (χ1v) is 2.81. The summed E-state index contributed by atoms with van der Waals surface area (Å²) in [7, 11) is 0. The number of rotatable bonds is 0. The second-order valence-electron chi connectivity index (χ2n) is 1.03. The highest BCUT2D eigenvalue weighted by Crippen LogP contribution is 1.82. The van der Waals surface area contributed by atoms with Crippen molar-refractivity contribution < 1.29 is 4.39 Å². The van der Waals surface area contributed by atoms with Crippen molar-refractivity contribution in [3.63, 3.8) is 0 Å². The first kappa shape index (κ1) is 11.8. The van der Waals surface area contributed by atoms with E-state index < -0.39 is 5.95 Å². The van der Waals surface area contributed by atoms with E-state index in [4.69, 9.17) is 0 Å². The second kappa shape index (κ2) is 8.01. The molecule has 10 heavy (non-hydrogen) atoms. The molecule has 58 valence electrons. The molecule has 0 saturated heterocycles. The molecule has 2 nitrogen and oxygen atoms in total. The zero-order valence-corrected chi connectivity index (χ0v) is 5.50. The number of halogens is 1. The fraction of sp³-hybridized carbons (Fsp3) is 0.429. The highest BCUT2D eigenvalue weighted by atomic mass is 19.1. The SMILES string of the molecule is C.CC.Fc1ccncn1. The van der Waals surface area contributed by atoms with Gasteiger partial charge in [-0.3, -0.25) is 0 Å². The highest BCUT2D eigenvalue weighted by Gasteiger charge is 1.79. The molecule has 0 aliphatic heterocycles. The summed E-state index contributed by atoms with van der Waals surface area (Å²) in [6.07, 6.45) is 2.51. The van der Waals surface area contributed by atoms with Crippen LogP contribution >= 0.6 is 0 Å². The van der Waals surface area contributed by atoms with Gasteiger partial charge in [0.2, 0.25) is 5.95 Å². The van der Waals surface area contributed by atoms with Gasteiger partial charge in [-0.25, -0.2) is 9.97 Å². The van der Waals surface area contributed by atoms with E-state index in [1.165, 1.54) is 12.3 Å². The van der Waals surface area contributed by atoms with Crippen molar-refractivity contribution in [2.45, 2.75) is 21.3 Å². The lowest BCUT2D eigenvalue weighted by molar-refractivity contribution is 0.579. The first-order chi connectivity index (χ1) is 4.39. The summed E-state index contributed by atoms with van der Waals surface area (Å²) in [5.41, 5.74) is 0. The van der Waals surface area contributed by atoms with Gasteiger partial charge in [-0.15, -0.1) is 0 Å². The van der Waals surface area contributed by atoms with Crippen molar-refractivity contribution in [2.24, 2.45) is 0 Å². The van der Waals surface area contributed by atoms with Crippen LogP contribution in [0.15, 0.2) is 18.6 Å². The van der Waals surface area contributed by atoms with Gasteiger partial charge in [-0.1, -0.05) is 21.3 Å². The molecular weight excluding hydrogens is 131 g/mol. The van der Waals surface area contributed by atoms with Gasteiger partial charge >= 0.3 is 0 Å². The molecule has 0 aromatic carbocycles. The van der Waals surface area contributed by atoms with Crippen LogP contribution in [0.1, 0.15) is 21.3 Å². The Morgan fingerprint density at radius 1 is 1.40 bits per heavy atom. The third-order valence-electron chi connectivity index (χ3n) is 0.546. The molecule has 0 atom stereocenters. The predicted octanol–water partition coefficient (Wildman–Crippen LogP) is 2.28. The molecule has 0 amide bonds. The van der Waals surface area contributed by atoms with Gasteiger partial charge in [0.05, 0.1) is 0 Å². The Kier molecular flexibility index (Phi) is 9.42. The van der Waals surface area contributed by atoms with Crippen LogP contribution in [0.3, 0.4) is 0 Å². The molecule has 0 saturated carbocycles. The minimum Gasteiger partial charge on any atom is -0.245 e. The lowest BCUT2D eigenvalue weighted by atomic mass is 10.7. The fourth-order valence-electron chi connectivity index (χ4n) is 0.275. The number of hydrogen-bond acceptors (Lipinski definition) is 2. The highest BCUT2D eigenvalue weighted by molar-refractivity contribution is 4.79. The third kappa shape index (κ3) is 5.15. The molecule has 1 aromatic rings. The average molecular weight is 144 g/mol. The summed E-state index contributed by atoms with van der Waals surface area (Å²) in [4.78, 5) is 6.70. The van der Waals surface area contributed by atoms with Crippen LogP contribution in [0, 0.1) is 5.95 Å². The lowest BCUT2D eigenvalue weighted by Gasteiger charge is -1.77. The van der Waals surface area contributed by atoms with Crippen molar-refractivity contribution in [3.05, 3.63) is 24.5 Å². The zero-order valence-electron chi connectivity index (χ0n) is 5.50. The van der Waals surface area contributed by atoms with E-state index in [0.717, 1.165) is 6.33 Å². The van der Waals surface area contributed by atoms with E-state index in [2.05, 4.69) is 9.97 Å². The molecule has 0 aliphatic carbocycles. The van der Waals surface area contributed by atoms with Crippen LogP contribution in [0.2, 0.25) is 0 Å². The maximum atomic E-state index is 11.8. The fourth-order valence-corrected chi connectivity index (χ4v) is 0.275. The number of nitrogens with zero attached hydrogens (tertiary/aromatic N) is 2. The summed E-state index contributed by atoms with van der Waals surface area (Å²) in [6, 6.07) is 1.19. The third-order valence-corrected chi connectivity index (χ3v) is 0.546. The summed E-state index contributed by atoms with van der Waals surface area (Å²) in [6.45, 7) is 4.00. The van der Waals surface area contributed by atoms with Gasteiger partial charge in [-0.2, -0.15) is 4.39 Å². The van der Waals surface area contributed by atoms with E-state index in [-0.39, 0.29) is 7.43 Å². The molecule has 1 rings (SSSR count). The van der Waals surface area contributed by atoms with Gasteiger partial charge in [0.1, 0.15) is 6.33 Å². The van der Waals surface area contributed by atoms with Crippen LogP contribution in [-0.4, -0.2) is 9.97 Å². The van der Waals surface area contributed by atoms with Gasteiger partial charge in [0.25, 0.3) is 0 Å². The maximum absolute atomic E-state index is 11.8. The minimum atomic E-state index is -0.491. The first-order valence-electron chi connectivity index (χ1n) is 2.81. The monoisotopic (exact) mass is 144 g/mol. The molecule has 0 unspecified atom stereocenters. The van der Waals surface area contributed by atoms with Gasteiger partial charge in [0.15, 0.2) is 0 Å². The minimum absolute atomic E-state index is 0. The number of hydrogen-bond donors (Lipinski definition) is 0. The smallest absolute Gasteiger partial charge is 0.215 e. The standard InChI is InChI=1S/C4H3FN2.C2H6.CH4/c5-4-1-2-6-3-7-4;1-2;/h1-3H;1-2H3;1H4. The van der Waals surface area contributed by atoms with E-state index in [0.29, 0.717) is 0 Å². The Morgan fingerprint density at radius 2 is 2.00 bits per heavy atom. The molecular formula is C7H13FN2. The molecule has 0 bridgehead atoms. The number of aromatic nitrogens is 2. The molecule has 1 aromatic heterocycles. The molecule has 0 fully saturated rings. The Morgan fingerprint density at radius 3 is 2.20 bits per heavy atom. The van der Waals surface area contributed by atoms with E-state index in [1.54, 1.807) is 0 Å². The summed E-state index contributed by atoms with van der Waals surface area (Å²) >= 11 is 0. The summed E-state index contributed by atoms with van der Waals surface area (Å²) in [5.74, 6) is -0.491.